The van der Waals surface area contributed by atoms with E-state index in [1.807, 2.05) is 34.6 Å². The highest BCUT2D eigenvalue weighted by Crippen LogP contribution is 2.44. The number of amides is 3. The third-order valence-corrected chi connectivity index (χ3v) is 14.7. The summed E-state index contributed by atoms with van der Waals surface area (Å²) in [6.07, 6.45) is -1.47. The molecule has 3 aliphatic rings. The standard InChI is InChI=1S/C47H76F2N5O19PS/c1-6-29(3)33(56)13-18-46(5,7-2)69-23-16-30(4)66-22-17-38(57)51-32(28-75-27-31-10-8-12-41(71-31)72-34-11-9-21-67-35(34)24-55)43(61)50-19-14-40(59)68-26-39(58)52-37-15-20-54(45(62)53-37)44-47(48,49)42(60)36(73-44)25-70-74(63,64)65/h15,20,29-32,34-36,41-42,44,55,60H,6-14,16-19,21-28H2,1-5H3,(H,50,61)(H,51,57)(H2,63,64,65)(H,52,53,58,62)/t29?,30?,31?,32-,34+,35?,36-,41-,42-,44-,46?/m1/s1. The Hall–Kier alpha value is -3.57. The van der Waals surface area contributed by atoms with Gasteiger partial charge < -0.3 is 69.1 Å². The molecule has 7 N–H and O–H groups in total. The normalized spacial score (nSPS) is 24.8. The maximum atomic E-state index is 14.8. The molecule has 75 heavy (non-hydrogen) atoms. The predicted molar refractivity (Wildman–Crippen MR) is 264 cm³/mol. The van der Waals surface area contributed by atoms with E-state index in [1.165, 1.54) is 11.8 Å². The molecule has 0 aliphatic carbocycles. The van der Waals surface area contributed by atoms with Crippen molar-refractivity contribution in [2.75, 3.05) is 63.0 Å². The van der Waals surface area contributed by atoms with Crippen LogP contribution in [-0.4, -0.2) is 177 Å². The summed E-state index contributed by atoms with van der Waals surface area (Å²) in [6, 6.07) is -0.113. The Labute approximate surface area is 438 Å². The second-order valence-corrected chi connectivity index (χ2v) is 21.3. The second-order valence-electron chi connectivity index (χ2n) is 19.0. The van der Waals surface area contributed by atoms with Gasteiger partial charge in [-0.1, -0.05) is 20.8 Å². The van der Waals surface area contributed by atoms with Crippen molar-refractivity contribution in [2.24, 2.45) is 5.92 Å². The number of ketones is 1. The zero-order chi connectivity index (χ0) is 55.3. The van der Waals surface area contributed by atoms with E-state index >= 15 is 0 Å². The van der Waals surface area contributed by atoms with Gasteiger partial charge in [-0.15, -0.1) is 0 Å². The van der Waals surface area contributed by atoms with Gasteiger partial charge in [0.25, 0.3) is 5.91 Å². The Bertz CT molecular complexity index is 2110. The Morgan fingerprint density at radius 1 is 1.04 bits per heavy atom. The molecule has 1 aromatic heterocycles. The van der Waals surface area contributed by atoms with Gasteiger partial charge in [0.05, 0.1) is 50.2 Å². The van der Waals surface area contributed by atoms with Gasteiger partial charge in [0.1, 0.15) is 29.9 Å². The van der Waals surface area contributed by atoms with Crippen molar-refractivity contribution in [3.8, 4) is 0 Å². The van der Waals surface area contributed by atoms with Crippen LogP contribution in [0.15, 0.2) is 17.1 Å². The van der Waals surface area contributed by atoms with Crippen molar-refractivity contribution in [3.05, 3.63) is 22.7 Å². The molecular formula is C47H76F2N5O19PS. The smallest absolute Gasteiger partial charge is 0.456 e. The fourth-order valence-corrected chi connectivity index (χ4v) is 9.51. The van der Waals surface area contributed by atoms with Crippen LogP contribution in [0, 0.1) is 5.92 Å². The molecule has 4 rings (SSSR count). The molecule has 0 aromatic carbocycles. The number of anilines is 1. The van der Waals surface area contributed by atoms with Crippen LogP contribution in [0.1, 0.15) is 118 Å². The minimum Gasteiger partial charge on any atom is -0.456 e. The van der Waals surface area contributed by atoms with Crippen LogP contribution in [0.25, 0.3) is 0 Å². The van der Waals surface area contributed by atoms with Crippen LogP contribution in [0.3, 0.4) is 0 Å². The molecule has 428 valence electrons. The highest BCUT2D eigenvalue weighted by atomic mass is 32.2. The lowest BCUT2D eigenvalue weighted by Crippen LogP contribution is -2.49. The van der Waals surface area contributed by atoms with Gasteiger partial charge in [-0.3, -0.25) is 33.1 Å². The molecule has 3 aliphatic heterocycles. The van der Waals surface area contributed by atoms with Crippen LogP contribution in [0.5, 0.6) is 0 Å². The van der Waals surface area contributed by atoms with Gasteiger partial charge in [-0.25, -0.2) is 9.36 Å². The second kappa shape index (κ2) is 31.1. The number of aromatic nitrogens is 2. The van der Waals surface area contributed by atoms with Gasteiger partial charge >= 0.3 is 25.4 Å². The molecule has 1 aromatic rings. The summed E-state index contributed by atoms with van der Waals surface area (Å²) in [4.78, 5) is 98.2. The monoisotopic (exact) mass is 1120 g/mol. The number of Topliss-reactive ketones (excluding diaryl/α,β-unsaturated/α-hetero) is 1. The molecule has 0 spiro atoms. The first-order chi connectivity index (χ1) is 35.5. The molecule has 0 radical (unpaired) electrons. The molecular weight excluding hydrogens is 1040 g/mol. The predicted octanol–water partition coefficient (Wildman–Crippen LogP) is 2.67. The SMILES string of the molecule is CCC(C)C(=O)CCC(C)(CC)OCCC(C)OCCC(=O)N[C@H](CSCC1CCC[C@@H](O[C@H]2CCCOC2CO)O1)C(=O)NCCC(=O)OCC(=O)Nc1ccn([C@@H]2O[C@H](COP(=O)(O)O)[C@@H](O)C2(F)F)c(=O)n1. The minimum absolute atomic E-state index is 0.0109. The zero-order valence-electron chi connectivity index (χ0n) is 43.2. The lowest BCUT2D eigenvalue weighted by atomic mass is 9.91. The van der Waals surface area contributed by atoms with Crippen LogP contribution in [0.4, 0.5) is 14.6 Å². The number of aliphatic hydroxyl groups excluding tert-OH is 2. The van der Waals surface area contributed by atoms with Crippen LogP contribution < -0.4 is 21.6 Å². The topological polar surface area (TPSA) is 328 Å². The number of rotatable bonds is 33. The van der Waals surface area contributed by atoms with E-state index in [0.29, 0.717) is 49.2 Å². The molecule has 5 unspecified atom stereocenters. The number of phosphoric acid groups is 1. The lowest BCUT2D eigenvalue weighted by Gasteiger charge is -2.36. The molecule has 24 nitrogen and oxygen atoms in total. The van der Waals surface area contributed by atoms with E-state index in [2.05, 4.69) is 25.5 Å². The number of nitrogens with zero attached hydrogens (tertiary/aromatic N) is 2. The van der Waals surface area contributed by atoms with Gasteiger partial charge in [-0.05, 0) is 77.7 Å². The number of carbonyl (C=O) groups is 5. The first-order valence-corrected chi connectivity index (χ1v) is 28.1. The molecule has 0 bridgehead atoms. The van der Waals surface area contributed by atoms with Crippen molar-refractivity contribution < 1.29 is 95.0 Å². The Morgan fingerprint density at radius 2 is 1.80 bits per heavy atom. The summed E-state index contributed by atoms with van der Waals surface area (Å²) in [5, 5.41) is 27.2. The van der Waals surface area contributed by atoms with E-state index in [1.54, 1.807) is 0 Å². The first-order valence-electron chi connectivity index (χ1n) is 25.4. The van der Waals surface area contributed by atoms with Crippen molar-refractivity contribution in [1.82, 2.24) is 20.2 Å². The maximum Gasteiger partial charge on any atom is 0.469 e. The number of alkyl halides is 2. The molecule has 3 amide bonds. The number of carbonyl (C=O) groups excluding carboxylic acids is 5. The van der Waals surface area contributed by atoms with Gasteiger partial charge in [0.15, 0.2) is 19.0 Å². The summed E-state index contributed by atoms with van der Waals surface area (Å²) >= 11 is 1.38. The number of nitrogens with one attached hydrogen (secondary N) is 3. The Morgan fingerprint density at radius 3 is 2.49 bits per heavy atom. The molecule has 11 atom stereocenters. The third kappa shape index (κ3) is 21.6. The van der Waals surface area contributed by atoms with Gasteiger partial charge in [0, 0.05) is 56.2 Å². The largest absolute Gasteiger partial charge is 0.469 e. The van der Waals surface area contributed by atoms with E-state index in [0.717, 1.165) is 50.8 Å². The molecule has 3 fully saturated rings. The number of halogens is 2. The van der Waals surface area contributed by atoms with Crippen LogP contribution >= 0.6 is 19.6 Å². The average Bonchev–Trinajstić information content (AvgIpc) is 3.59. The van der Waals surface area contributed by atoms with Crippen LogP contribution in [0.2, 0.25) is 0 Å². The number of esters is 1. The quantitative estimate of drug-likeness (QED) is 0.0393. The van der Waals surface area contributed by atoms with Crippen molar-refractivity contribution >= 4 is 54.9 Å². The summed E-state index contributed by atoms with van der Waals surface area (Å²) in [6.45, 7) is 8.39. The van der Waals surface area contributed by atoms with E-state index < -0.39 is 111 Å². The van der Waals surface area contributed by atoms with Crippen molar-refractivity contribution in [3.63, 3.8) is 0 Å². The number of aliphatic hydroxyl groups is 2. The highest BCUT2D eigenvalue weighted by molar-refractivity contribution is 7.99. The molecule has 3 saturated heterocycles. The Balaban J connectivity index is 1.25. The molecule has 28 heteroatoms. The van der Waals surface area contributed by atoms with Gasteiger partial charge in [-0.2, -0.15) is 25.5 Å². The summed E-state index contributed by atoms with van der Waals surface area (Å²) in [7, 11) is -5.11. The van der Waals surface area contributed by atoms with Crippen molar-refractivity contribution in [1.29, 1.82) is 0 Å². The number of ether oxygens (including phenoxy) is 7. The Kier molecular flexibility index (Phi) is 26.5. The fraction of sp³-hybridized carbons (Fsp3) is 0.809. The average molecular weight is 1120 g/mol. The molecule has 4 heterocycles. The number of hydrogen-bond acceptors (Lipinski definition) is 19. The number of hydrogen-bond donors (Lipinski definition) is 7. The van der Waals surface area contributed by atoms with Crippen LogP contribution in [-0.2, 0) is 66.2 Å². The third-order valence-electron chi connectivity index (χ3n) is 13.1. The van der Waals surface area contributed by atoms with E-state index in [9.17, 15) is 52.3 Å². The van der Waals surface area contributed by atoms with Gasteiger partial charge in [0.2, 0.25) is 18.0 Å². The number of phosphoric ester groups is 1. The minimum atomic E-state index is -5.11. The highest BCUT2D eigenvalue weighted by Gasteiger charge is 2.60. The summed E-state index contributed by atoms with van der Waals surface area (Å²) < 4.78 is 85.2. The van der Waals surface area contributed by atoms with Crippen molar-refractivity contribution in [2.45, 2.75) is 178 Å². The summed E-state index contributed by atoms with van der Waals surface area (Å²) in [5.74, 6) is -6.68. The van der Waals surface area contributed by atoms with E-state index in [-0.39, 0.29) is 61.9 Å². The maximum absolute atomic E-state index is 14.8. The lowest BCUT2D eigenvalue weighted by molar-refractivity contribution is -0.241. The first kappa shape index (κ1) is 64.0. The molecule has 0 saturated carbocycles. The zero-order valence-corrected chi connectivity index (χ0v) is 44.9. The number of thioether (sulfide) groups is 1. The van der Waals surface area contributed by atoms with E-state index in [4.69, 9.17) is 42.9 Å². The summed E-state index contributed by atoms with van der Waals surface area (Å²) in [5.41, 5.74) is -1.83. The fourth-order valence-electron chi connectivity index (χ4n) is 8.05.